The summed E-state index contributed by atoms with van der Waals surface area (Å²) in [6.45, 7) is 4.19. The van der Waals surface area contributed by atoms with Gasteiger partial charge in [-0.1, -0.05) is 6.42 Å². The van der Waals surface area contributed by atoms with E-state index in [-0.39, 0.29) is 5.91 Å². The topological polar surface area (TPSA) is 36.7 Å². The van der Waals surface area contributed by atoms with Crippen LogP contribution in [0.2, 0.25) is 0 Å². The highest BCUT2D eigenvalue weighted by Crippen LogP contribution is 2.23. The lowest BCUT2D eigenvalue weighted by Crippen LogP contribution is -2.49. The molecule has 2 aliphatic rings. The van der Waals surface area contributed by atoms with Crippen molar-refractivity contribution in [1.29, 1.82) is 0 Å². The summed E-state index contributed by atoms with van der Waals surface area (Å²) in [6, 6.07) is 3.85. The van der Waals surface area contributed by atoms with Crippen LogP contribution in [0.1, 0.15) is 36.2 Å². The second-order valence-corrected chi connectivity index (χ2v) is 7.98. The van der Waals surface area contributed by atoms with Crippen molar-refractivity contribution in [3.8, 4) is 0 Å². The lowest BCUT2D eigenvalue weighted by atomic mass is 10.1. The number of hydrogen-bond acceptors (Lipinski definition) is 4. The van der Waals surface area contributed by atoms with E-state index in [1.165, 1.54) is 32.4 Å². The number of nitrogens with zero attached hydrogens (tertiary/aromatic N) is 2. The maximum Gasteiger partial charge on any atom is 0.289 e. The van der Waals surface area contributed by atoms with E-state index in [4.69, 9.17) is 4.42 Å². The van der Waals surface area contributed by atoms with E-state index < -0.39 is 0 Å². The zero-order chi connectivity index (χ0) is 15.4. The molecule has 1 aromatic rings. The van der Waals surface area contributed by atoms with Crippen LogP contribution in [0.15, 0.2) is 21.2 Å². The molecule has 0 saturated carbocycles. The van der Waals surface area contributed by atoms with Crippen LogP contribution in [0.4, 0.5) is 0 Å². The molecule has 0 spiro atoms. The van der Waals surface area contributed by atoms with Crippen LogP contribution in [0, 0.1) is 0 Å². The molecule has 0 aromatic carbocycles. The van der Waals surface area contributed by atoms with Gasteiger partial charge in [-0.05, 0) is 66.2 Å². The molecule has 1 atom stereocenters. The van der Waals surface area contributed by atoms with Gasteiger partial charge in [-0.2, -0.15) is 11.8 Å². The second-order valence-electron chi connectivity index (χ2n) is 6.05. The molecule has 1 unspecified atom stereocenters. The fourth-order valence-electron chi connectivity index (χ4n) is 3.26. The molecular weight excluding hydrogens is 364 g/mol. The average Bonchev–Trinajstić information content (AvgIpc) is 2.84. The molecule has 2 fully saturated rings. The third-order valence-corrected chi connectivity index (χ3v) is 6.03. The van der Waals surface area contributed by atoms with Gasteiger partial charge in [0.25, 0.3) is 5.91 Å². The molecule has 0 aliphatic carbocycles. The summed E-state index contributed by atoms with van der Waals surface area (Å²) in [5.74, 6) is 2.66. The number of carbonyl (C=O) groups is 1. The third-order valence-electron chi connectivity index (χ3n) is 4.40. The summed E-state index contributed by atoms with van der Waals surface area (Å²) in [5, 5.41) is 0. The molecule has 4 nitrogen and oxygen atoms in total. The lowest BCUT2D eigenvalue weighted by molar-refractivity contribution is 0.0613. The normalized spacial score (nSPS) is 24.2. The van der Waals surface area contributed by atoms with Crippen molar-refractivity contribution in [2.24, 2.45) is 0 Å². The Balaban J connectivity index is 1.70. The number of likely N-dealkylation sites (tertiary alicyclic amines) is 1. The van der Waals surface area contributed by atoms with E-state index in [0.29, 0.717) is 16.5 Å². The molecule has 0 radical (unpaired) electrons. The van der Waals surface area contributed by atoms with E-state index in [9.17, 15) is 4.79 Å². The van der Waals surface area contributed by atoms with Gasteiger partial charge in [-0.25, -0.2) is 0 Å². The standard InChI is InChI=1S/C16H23BrN2O2S/c17-15-6-5-14(21-15)16(20)19-9-4-10-22-12-13(19)11-18-7-2-1-3-8-18/h5-6,13H,1-4,7-12H2. The summed E-state index contributed by atoms with van der Waals surface area (Å²) in [4.78, 5) is 17.4. The largest absolute Gasteiger partial charge is 0.444 e. The van der Waals surface area contributed by atoms with Gasteiger partial charge < -0.3 is 14.2 Å². The zero-order valence-electron chi connectivity index (χ0n) is 12.8. The summed E-state index contributed by atoms with van der Waals surface area (Å²) in [7, 11) is 0. The summed E-state index contributed by atoms with van der Waals surface area (Å²) in [6.07, 6.45) is 4.99. The molecule has 3 rings (SSSR count). The predicted molar refractivity (Wildman–Crippen MR) is 93.5 cm³/mol. The van der Waals surface area contributed by atoms with Crippen molar-refractivity contribution in [3.05, 3.63) is 22.6 Å². The van der Waals surface area contributed by atoms with E-state index >= 15 is 0 Å². The molecule has 2 saturated heterocycles. The minimum Gasteiger partial charge on any atom is -0.444 e. The maximum absolute atomic E-state index is 12.8. The van der Waals surface area contributed by atoms with Crippen LogP contribution in [0.3, 0.4) is 0 Å². The Morgan fingerprint density at radius 1 is 1.23 bits per heavy atom. The fourth-order valence-corrected chi connectivity index (χ4v) is 4.62. The minimum absolute atomic E-state index is 0.0372. The van der Waals surface area contributed by atoms with E-state index in [1.54, 1.807) is 12.1 Å². The first-order valence-corrected chi connectivity index (χ1v) is 10.1. The Labute approximate surface area is 144 Å². The first-order valence-electron chi connectivity index (χ1n) is 8.10. The van der Waals surface area contributed by atoms with Crippen molar-refractivity contribution in [2.45, 2.75) is 31.7 Å². The van der Waals surface area contributed by atoms with Gasteiger partial charge in [0.2, 0.25) is 0 Å². The van der Waals surface area contributed by atoms with Crippen LogP contribution in [-0.2, 0) is 0 Å². The minimum atomic E-state index is 0.0372. The summed E-state index contributed by atoms with van der Waals surface area (Å²) in [5.41, 5.74) is 0. The Bertz CT molecular complexity index is 502. The van der Waals surface area contributed by atoms with Gasteiger partial charge >= 0.3 is 0 Å². The molecule has 2 aliphatic heterocycles. The van der Waals surface area contributed by atoms with Gasteiger partial charge in [0.05, 0.1) is 6.04 Å². The number of piperidine rings is 1. The predicted octanol–water partition coefficient (Wildman–Crippen LogP) is 3.48. The van der Waals surface area contributed by atoms with E-state index in [2.05, 4.69) is 20.8 Å². The van der Waals surface area contributed by atoms with Crippen molar-refractivity contribution in [3.63, 3.8) is 0 Å². The fraction of sp³-hybridized carbons (Fsp3) is 0.688. The molecular formula is C16H23BrN2O2S. The van der Waals surface area contributed by atoms with Crippen LogP contribution < -0.4 is 0 Å². The van der Waals surface area contributed by atoms with Crippen molar-refractivity contribution < 1.29 is 9.21 Å². The van der Waals surface area contributed by atoms with Gasteiger partial charge in [0, 0.05) is 18.8 Å². The Morgan fingerprint density at radius 2 is 2.05 bits per heavy atom. The number of furan rings is 1. The van der Waals surface area contributed by atoms with Crippen molar-refractivity contribution in [2.75, 3.05) is 37.7 Å². The van der Waals surface area contributed by atoms with Crippen LogP contribution in [0.5, 0.6) is 0 Å². The SMILES string of the molecule is O=C(c1ccc(Br)o1)N1CCCSCC1CN1CCCCC1. The van der Waals surface area contributed by atoms with Crippen LogP contribution >= 0.6 is 27.7 Å². The van der Waals surface area contributed by atoms with Crippen LogP contribution in [0.25, 0.3) is 0 Å². The van der Waals surface area contributed by atoms with Crippen molar-refractivity contribution in [1.82, 2.24) is 9.80 Å². The molecule has 6 heteroatoms. The third kappa shape index (κ3) is 4.09. The van der Waals surface area contributed by atoms with Gasteiger partial charge in [0.15, 0.2) is 10.4 Å². The summed E-state index contributed by atoms with van der Waals surface area (Å²) >= 11 is 5.26. The van der Waals surface area contributed by atoms with Crippen LogP contribution in [-0.4, -0.2) is 59.4 Å². The van der Waals surface area contributed by atoms with E-state index in [1.807, 2.05) is 16.7 Å². The Morgan fingerprint density at radius 3 is 2.77 bits per heavy atom. The number of rotatable bonds is 3. The van der Waals surface area contributed by atoms with Gasteiger partial charge in [-0.3, -0.25) is 4.79 Å². The quantitative estimate of drug-likeness (QED) is 0.796. The van der Waals surface area contributed by atoms with E-state index in [0.717, 1.165) is 31.0 Å². The molecule has 0 bridgehead atoms. The highest BCUT2D eigenvalue weighted by Gasteiger charge is 2.30. The second kappa shape index (κ2) is 7.88. The van der Waals surface area contributed by atoms with Gasteiger partial charge in [-0.15, -0.1) is 0 Å². The Kier molecular flexibility index (Phi) is 5.88. The van der Waals surface area contributed by atoms with Crippen molar-refractivity contribution >= 4 is 33.6 Å². The maximum atomic E-state index is 12.8. The molecule has 122 valence electrons. The monoisotopic (exact) mass is 386 g/mol. The summed E-state index contributed by atoms with van der Waals surface area (Å²) < 4.78 is 6.10. The molecule has 3 heterocycles. The number of amides is 1. The van der Waals surface area contributed by atoms with Gasteiger partial charge in [0.1, 0.15) is 0 Å². The number of carbonyl (C=O) groups excluding carboxylic acids is 1. The molecule has 1 aromatic heterocycles. The average molecular weight is 387 g/mol. The molecule has 22 heavy (non-hydrogen) atoms. The number of thioether (sulfide) groups is 1. The molecule has 0 N–H and O–H groups in total. The first-order chi connectivity index (χ1) is 10.7. The first kappa shape index (κ1) is 16.4. The number of hydrogen-bond donors (Lipinski definition) is 0. The highest BCUT2D eigenvalue weighted by atomic mass is 79.9. The number of halogens is 1. The lowest BCUT2D eigenvalue weighted by Gasteiger charge is -2.35. The molecule has 1 amide bonds. The highest BCUT2D eigenvalue weighted by molar-refractivity contribution is 9.10. The zero-order valence-corrected chi connectivity index (χ0v) is 15.2. The Hall–Kier alpha value is -0.460. The smallest absolute Gasteiger partial charge is 0.289 e.